The van der Waals surface area contributed by atoms with E-state index < -0.39 is 0 Å². The van der Waals surface area contributed by atoms with Crippen LogP contribution in [0.25, 0.3) is 5.65 Å². The summed E-state index contributed by atoms with van der Waals surface area (Å²) in [4.78, 5) is 17.7. The van der Waals surface area contributed by atoms with Gasteiger partial charge in [0.15, 0.2) is 0 Å². The third-order valence-corrected chi connectivity index (χ3v) is 3.28. The summed E-state index contributed by atoms with van der Waals surface area (Å²) in [6, 6.07) is 3.68. The molecule has 0 aliphatic carbocycles. The molecule has 2 aromatic rings. The van der Waals surface area contributed by atoms with Crippen molar-refractivity contribution in [2.75, 3.05) is 13.1 Å². The largest absolute Gasteiger partial charge is 0.369 e. The first-order valence-corrected chi connectivity index (χ1v) is 7.10. The molecule has 2 rings (SSSR count). The van der Waals surface area contributed by atoms with Crippen LogP contribution in [0.1, 0.15) is 25.5 Å². The maximum Gasteiger partial charge on any atom is 0.231 e. The molecule has 20 heavy (non-hydrogen) atoms. The van der Waals surface area contributed by atoms with Gasteiger partial charge >= 0.3 is 0 Å². The Morgan fingerprint density at radius 3 is 2.95 bits per heavy atom. The molecule has 0 aromatic carbocycles. The second-order valence-electron chi connectivity index (χ2n) is 4.88. The Hall–Kier alpha value is -1.59. The maximum atomic E-state index is 11.1. The molecule has 0 saturated heterocycles. The zero-order chi connectivity index (χ0) is 14.5. The van der Waals surface area contributed by atoms with Gasteiger partial charge in [-0.15, -0.1) is 0 Å². The summed E-state index contributed by atoms with van der Waals surface area (Å²) in [5, 5.41) is 0.668. The van der Waals surface area contributed by atoms with Gasteiger partial charge in [-0.25, -0.2) is 4.98 Å². The van der Waals surface area contributed by atoms with E-state index in [0.717, 1.165) is 30.7 Å². The summed E-state index contributed by atoms with van der Waals surface area (Å²) in [5.74, 6) is -0.312. The summed E-state index contributed by atoms with van der Waals surface area (Å²) < 4.78 is 1.89. The Morgan fingerprint density at radius 2 is 2.25 bits per heavy atom. The van der Waals surface area contributed by atoms with Crippen LogP contribution in [0.4, 0.5) is 0 Å². The highest BCUT2D eigenvalue weighted by atomic mass is 35.5. The molecular formula is C14H19ClN4O. The van der Waals surface area contributed by atoms with Crippen molar-refractivity contribution in [3.05, 3.63) is 35.2 Å². The van der Waals surface area contributed by atoms with Crippen LogP contribution in [0, 0.1) is 0 Å². The van der Waals surface area contributed by atoms with Crippen LogP contribution in [0.3, 0.4) is 0 Å². The first-order valence-electron chi connectivity index (χ1n) is 6.72. The van der Waals surface area contributed by atoms with Crippen LogP contribution in [0.15, 0.2) is 24.5 Å². The normalized spacial score (nSPS) is 11.3. The minimum absolute atomic E-state index is 0.259. The molecule has 2 aromatic heterocycles. The van der Waals surface area contributed by atoms with Gasteiger partial charge < -0.3 is 10.1 Å². The summed E-state index contributed by atoms with van der Waals surface area (Å²) in [6.07, 6.45) is 5.86. The van der Waals surface area contributed by atoms with Gasteiger partial charge in [0.1, 0.15) is 5.65 Å². The molecule has 0 aliphatic heterocycles. The standard InChI is InChI=1S/C14H19ClN4O/c1-2-3-6-18(10-13(16)20)8-12-9-19-7-11(15)4-5-14(19)17-12/h4-5,7,9H,2-3,6,8,10H2,1H3,(H2,16,20). The van der Waals surface area contributed by atoms with Crippen molar-refractivity contribution in [3.63, 3.8) is 0 Å². The minimum Gasteiger partial charge on any atom is -0.369 e. The molecule has 108 valence electrons. The van der Waals surface area contributed by atoms with E-state index in [2.05, 4.69) is 11.9 Å². The average molecular weight is 295 g/mol. The van der Waals surface area contributed by atoms with Crippen molar-refractivity contribution in [1.29, 1.82) is 0 Å². The van der Waals surface area contributed by atoms with E-state index in [1.165, 1.54) is 0 Å². The zero-order valence-corrected chi connectivity index (χ0v) is 12.3. The molecule has 0 bridgehead atoms. The number of fused-ring (bicyclic) bond motifs is 1. The van der Waals surface area contributed by atoms with Gasteiger partial charge in [-0.05, 0) is 25.1 Å². The quantitative estimate of drug-likeness (QED) is 0.850. The van der Waals surface area contributed by atoms with E-state index in [0.29, 0.717) is 11.6 Å². The smallest absolute Gasteiger partial charge is 0.231 e. The SMILES string of the molecule is CCCCN(CC(N)=O)Cc1cn2cc(Cl)ccc2n1. The fourth-order valence-corrected chi connectivity index (χ4v) is 2.31. The molecule has 0 atom stereocenters. The van der Waals surface area contributed by atoms with Crippen LogP contribution in [-0.2, 0) is 11.3 Å². The van der Waals surface area contributed by atoms with Gasteiger partial charge in [0.2, 0.25) is 5.91 Å². The summed E-state index contributed by atoms with van der Waals surface area (Å²) in [6.45, 7) is 3.83. The number of pyridine rings is 1. The van der Waals surface area contributed by atoms with Gasteiger partial charge in [0.25, 0.3) is 0 Å². The number of nitrogens with zero attached hydrogens (tertiary/aromatic N) is 3. The van der Waals surface area contributed by atoms with Crippen LogP contribution in [-0.4, -0.2) is 33.3 Å². The van der Waals surface area contributed by atoms with E-state index in [1.807, 2.05) is 33.8 Å². The van der Waals surface area contributed by atoms with Gasteiger partial charge in [-0.3, -0.25) is 9.69 Å². The van der Waals surface area contributed by atoms with Crippen LogP contribution in [0.5, 0.6) is 0 Å². The van der Waals surface area contributed by atoms with Crippen molar-refractivity contribution >= 4 is 23.2 Å². The Balaban J connectivity index is 2.12. The lowest BCUT2D eigenvalue weighted by Crippen LogP contribution is -2.34. The second kappa shape index (κ2) is 6.72. The van der Waals surface area contributed by atoms with Crippen molar-refractivity contribution in [2.45, 2.75) is 26.3 Å². The molecule has 0 saturated carbocycles. The number of unbranched alkanes of at least 4 members (excludes halogenated alkanes) is 1. The highest BCUT2D eigenvalue weighted by Gasteiger charge is 2.11. The second-order valence-corrected chi connectivity index (χ2v) is 5.31. The van der Waals surface area contributed by atoms with Crippen molar-refractivity contribution < 1.29 is 4.79 Å². The zero-order valence-electron chi connectivity index (χ0n) is 11.6. The van der Waals surface area contributed by atoms with E-state index in [1.54, 1.807) is 0 Å². The maximum absolute atomic E-state index is 11.1. The Kier molecular flexibility index (Phi) is 4.98. The summed E-state index contributed by atoms with van der Waals surface area (Å²) in [7, 11) is 0. The first kappa shape index (κ1) is 14.8. The highest BCUT2D eigenvalue weighted by Crippen LogP contribution is 2.13. The van der Waals surface area contributed by atoms with Crippen LogP contribution < -0.4 is 5.73 Å². The molecule has 0 unspecified atom stereocenters. The molecule has 2 N–H and O–H groups in total. The lowest BCUT2D eigenvalue weighted by molar-refractivity contribution is -0.119. The number of primary amides is 1. The molecule has 2 heterocycles. The lowest BCUT2D eigenvalue weighted by atomic mass is 10.3. The summed E-state index contributed by atoms with van der Waals surface area (Å²) >= 11 is 5.95. The first-order chi connectivity index (χ1) is 9.58. The lowest BCUT2D eigenvalue weighted by Gasteiger charge is -2.18. The number of halogens is 1. The fourth-order valence-electron chi connectivity index (χ4n) is 2.14. The van der Waals surface area contributed by atoms with Crippen molar-refractivity contribution in [3.8, 4) is 0 Å². The molecule has 6 heteroatoms. The van der Waals surface area contributed by atoms with Crippen LogP contribution >= 0.6 is 11.6 Å². The predicted octanol–water partition coefficient (Wildman–Crippen LogP) is 2.08. The number of hydrogen-bond donors (Lipinski definition) is 1. The van der Waals surface area contributed by atoms with Gasteiger partial charge in [-0.1, -0.05) is 24.9 Å². The monoisotopic (exact) mass is 294 g/mol. The molecule has 0 fully saturated rings. The number of hydrogen-bond acceptors (Lipinski definition) is 3. The number of aromatic nitrogens is 2. The number of nitrogens with two attached hydrogens (primary N) is 1. The highest BCUT2D eigenvalue weighted by molar-refractivity contribution is 6.30. The van der Waals surface area contributed by atoms with Crippen molar-refractivity contribution in [2.24, 2.45) is 5.73 Å². The number of rotatable bonds is 7. The minimum atomic E-state index is -0.312. The summed E-state index contributed by atoms with van der Waals surface area (Å²) in [5.41, 5.74) is 7.04. The third-order valence-electron chi connectivity index (χ3n) is 3.06. The topological polar surface area (TPSA) is 63.6 Å². The Labute approximate surface area is 123 Å². The fraction of sp³-hybridized carbons (Fsp3) is 0.429. The van der Waals surface area contributed by atoms with Gasteiger partial charge in [0.05, 0.1) is 17.3 Å². The predicted molar refractivity (Wildman–Crippen MR) is 79.6 cm³/mol. The number of carbonyl (C=O) groups excluding carboxylic acids is 1. The molecule has 0 radical (unpaired) electrons. The third kappa shape index (κ3) is 3.95. The molecular weight excluding hydrogens is 276 g/mol. The Morgan fingerprint density at radius 1 is 1.45 bits per heavy atom. The molecule has 1 amide bonds. The Bertz CT molecular complexity index is 596. The van der Waals surface area contributed by atoms with E-state index >= 15 is 0 Å². The molecule has 0 aliphatic rings. The number of imidazole rings is 1. The number of amides is 1. The van der Waals surface area contributed by atoms with Crippen LogP contribution in [0.2, 0.25) is 5.02 Å². The average Bonchev–Trinajstić information content (AvgIpc) is 2.76. The molecule has 0 spiro atoms. The van der Waals surface area contributed by atoms with Gasteiger partial charge in [-0.2, -0.15) is 0 Å². The van der Waals surface area contributed by atoms with E-state index in [-0.39, 0.29) is 12.5 Å². The molecule has 5 nitrogen and oxygen atoms in total. The van der Waals surface area contributed by atoms with E-state index in [9.17, 15) is 4.79 Å². The number of carbonyl (C=O) groups is 1. The van der Waals surface area contributed by atoms with Gasteiger partial charge in [0, 0.05) is 18.9 Å². The van der Waals surface area contributed by atoms with E-state index in [4.69, 9.17) is 17.3 Å². The van der Waals surface area contributed by atoms with Crippen molar-refractivity contribution in [1.82, 2.24) is 14.3 Å².